The number of aryl methyl sites for hydroxylation is 1. The highest BCUT2D eigenvalue weighted by Gasteiger charge is 2.41. The molecule has 3 aliphatic rings. The van der Waals surface area contributed by atoms with E-state index >= 15 is 0 Å². The van der Waals surface area contributed by atoms with E-state index in [1.807, 2.05) is 12.3 Å². The average molecular weight is 440 g/mol. The Morgan fingerprint density at radius 2 is 1.97 bits per heavy atom. The van der Waals surface area contributed by atoms with Gasteiger partial charge in [-0.05, 0) is 69.1 Å². The lowest BCUT2D eigenvalue weighted by atomic mass is 9.96. The number of nitrogens with zero attached hydrogens (tertiary/aromatic N) is 4. The molecule has 2 aliphatic heterocycles. The Kier molecular flexibility index (Phi) is 5.99. The Labute approximate surface area is 190 Å². The van der Waals surface area contributed by atoms with Crippen molar-refractivity contribution in [2.75, 3.05) is 39.4 Å². The molecular formula is C24H33N5OS. The van der Waals surface area contributed by atoms with Gasteiger partial charge in [-0.1, -0.05) is 6.07 Å². The second-order valence-corrected chi connectivity index (χ2v) is 9.44. The van der Waals surface area contributed by atoms with Crippen LogP contribution in [0.4, 0.5) is 0 Å². The number of aromatic nitrogens is 2. The fourth-order valence-electron chi connectivity index (χ4n) is 5.27. The zero-order valence-corrected chi connectivity index (χ0v) is 19.4. The summed E-state index contributed by atoms with van der Waals surface area (Å²) in [5.74, 6) is 0. The van der Waals surface area contributed by atoms with Gasteiger partial charge in [0, 0.05) is 49.8 Å². The summed E-state index contributed by atoms with van der Waals surface area (Å²) >= 11 is 5.86. The molecule has 1 saturated carbocycles. The fourth-order valence-corrected chi connectivity index (χ4v) is 5.60. The van der Waals surface area contributed by atoms with E-state index in [4.69, 9.17) is 17.0 Å². The summed E-state index contributed by atoms with van der Waals surface area (Å²) in [5, 5.41) is 4.46. The van der Waals surface area contributed by atoms with Crippen molar-refractivity contribution in [3.8, 4) is 0 Å². The molecule has 4 heterocycles. The van der Waals surface area contributed by atoms with Crippen LogP contribution in [0.2, 0.25) is 0 Å². The first kappa shape index (κ1) is 20.9. The minimum atomic E-state index is 0.0743. The molecule has 31 heavy (non-hydrogen) atoms. The molecule has 6 nitrogen and oxygen atoms in total. The first-order valence-electron chi connectivity index (χ1n) is 11.6. The third-order valence-electron chi connectivity index (χ3n) is 6.93. The van der Waals surface area contributed by atoms with Gasteiger partial charge < -0.3 is 19.5 Å². The molecule has 3 fully saturated rings. The Bertz CT molecular complexity index is 920. The summed E-state index contributed by atoms with van der Waals surface area (Å²) in [5.41, 5.74) is 5.19. The third kappa shape index (κ3) is 4.23. The van der Waals surface area contributed by atoms with Crippen LogP contribution < -0.4 is 5.32 Å². The van der Waals surface area contributed by atoms with Crippen molar-refractivity contribution in [3.63, 3.8) is 0 Å². The second-order valence-electron chi connectivity index (χ2n) is 9.06. The van der Waals surface area contributed by atoms with Crippen molar-refractivity contribution in [2.45, 2.75) is 51.2 Å². The predicted octanol–water partition coefficient (Wildman–Crippen LogP) is 3.53. The molecule has 1 aliphatic carbocycles. The number of morpholine rings is 1. The molecule has 0 unspecified atom stereocenters. The van der Waals surface area contributed by atoms with Gasteiger partial charge in [-0.2, -0.15) is 0 Å². The summed E-state index contributed by atoms with van der Waals surface area (Å²) in [6.07, 6.45) is 5.56. The normalized spacial score (nSPS) is 24.6. The Morgan fingerprint density at radius 1 is 1.16 bits per heavy atom. The van der Waals surface area contributed by atoms with Crippen molar-refractivity contribution in [1.82, 2.24) is 24.7 Å². The zero-order chi connectivity index (χ0) is 21.4. The van der Waals surface area contributed by atoms with E-state index in [1.54, 1.807) is 0 Å². The number of rotatable bonds is 7. The molecule has 2 atom stereocenters. The van der Waals surface area contributed by atoms with Crippen LogP contribution in [0.3, 0.4) is 0 Å². The number of hydrogen-bond donors (Lipinski definition) is 1. The van der Waals surface area contributed by atoms with Crippen LogP contribution in [0.15, 0.2) is 30.5 Å². The Balaban J connectivity index is 1.41. The first-order chi connectivity index (χ1) is 15.1. The maximum absolute atomic E-state index is 5.86. The van der Waals surface area contributed by atoms with Crippen LogP contribution in [0.1, 0.15) is 60.0 Å². The number of hydrogen-bond acceptors (Lipinski definition) is 4. The zero-order valence-electron chi connectivity index (χ0n) is 18.6. The lowest BCUT2D eigenvalue weighted by molar-refractivity contribution is 0.0365. The molecule has 2 aromatic heterocycles. The van der Waals surface area contributed by atoms with Gasteiger partial charge in [-0.25, -0.2) is 0 Å². The number of thiocarbonyl (C=S) groups is 1. The monoisotopic (exact) mass is 439 g/mol. The van der Waals surface area contributed by atoms with Crippen LogP contribution in [0.5, 0.6) is 0 Å². The minimum Gasteiger partial charge on any atom is -0.379 e. The van der Waals surface area contributed by atoms with Crippen molar-refractivity contribution in [3.05, 3.63) is 53.1 Å². The first-order valence-corrected chi connectivity index (χ1v) is 12.0. The molecule has 1 N–H and O–H groups in total. The van der Waals surface area contributed by atoms with Gasteiger partial charge in [0.25, 0.3) is 0 Å². The van der Waals surface area contributed by atoms with E-state index < -0.39 is 0 Å². The largest absolute Gasteiger partial charge is 0.379 e. The van der Waals surface area contributed by atoms with Crippen LogP contribution in [0, 0.1) is 13.8 Å². The molecule has 0 spiro atoms. The van der Waals surface area contributed by atoms with E-state index in [1.165, 1.54) is 29.8 Å². The topological polar surface area (TPSA) is 45.6 Å². The van der Waals surface area contributed by atoms with E-state index in [9.17, 15) is 0 Å². The molecule has 166 valence electrons. The van der Waals surface area contributed by atoms with E-state index in [2.05, 4.69) is 56.7 Å². The lowest BCUT2D eigenvalue weighted by Gasteiger charge is -2.30. The fraction of sp³-hybridized carbons (Fsp3) is 0.583. The van der Waals surface area contributed by atoms with Crippen LogP contribution in [-0.4, -0.2) is 63.9 Å². The smallest absolute Gasteiger partial charge is 0.170 e. The van der Waals surface area contributed by atoms with Gasteiger partial charge in [0.2, 0.25) is 0 Å². The molecule has 0 bridgehead atoms. The van der Waals surface area contributed by atoms with Gasteiger partial charge in [-0.15, -0.1) is 0 Å². The SMILES string of the molecule is Cc1cc([C@H]2[C@H](c3ccccn3)NC(=S)N2CCCN2CCOCC2)c(C)n1C1CC1. The van der Waals surface area contributed by atoms with Gasteiger partial charge in [0.05, 0.1) is 31.0 Å². The van der Waals surface area contributed by atoms with Crippen LogP contribution in [0.25, 0.3) is 0 Å². The molecular weight excluding hydrogens is 406 g/mol. The molecule has 0 amide bonds. The van der Waals surface area contributed by atoms with E-state index in [0.717, 1.165) is 56.6 Å². The second kappa shape index (κ2) is 8.88. The number of pyridine rings is 1. The highest BCUT2D eigenvalue weighted by Crippen LogP contribution is 2.44. The van der Waals surface area contributed by atoms with Gasteiger partial charge >= 0.3 is 0 Å². The molecule has 0 radical (unpaired) electrons. The van der Waals surface area contributed by atoms with Gasteiger partial charge in [-0.3, -0.25) is 9.88 Å². The molecule has 0 aromatic carbocycles. The molecule has 2 saturated heterocycles. The standard InChI is InChI=1S/C24H33N5OS/c1-17-16-20(18(2)29(17)19-7-8-19)23-22(21-6-3-4-9-25-21)26-24(31)28(23)11-5-10-27-12-14-30-15-13-27/h3-4,6,9,16,19,22-23H,5,7-8,10-15H2,1-2H3,(H,26,31)/t22-,23-/m0/s1. The maximum Gasteiger partial charge on any atom is 0.170 e. The predicted molar refractivity (Wildman–Crippen MR) is 126 cm³/mol. The van der Waals surface area contributed by atoms with Gasteiger partial charge in [0.1, 0.15) is 0 Å². The van der Waals surface area contributed by atoms with Crippen molar-refractivity contribution in [2.24, 2.45) is 0 Å². The quantitative estimate of drug-likeness (QED) is 0.666. The average Bonchev–Trinajstić information content (AvgIpc) is 3.51. The van der Waals surface area contributed by atoms with E-state index in [-0.39, 0.29) is 12.1 Å². The lowest BCUT2D eigenvalue weighted by Crippen LogP contribution is -2.39. The van der Waals surface area contributed by atoms with Crippen molar-refractivity contribution in [1.29, 1.82) is 0 Å². The summed E-state index contributed by atoms with van der Waals surface area (Å²) in [6, 6.07) is 9.47. The molecule has 5 rings (SSSR count). The minimum absolute atomic E-state index is 0.0743. The van der Waals surface area contributed by atoms with Crippen molar-refractivity contribution < 1.29 is 4.74 Å². The number of nitrogens with one attached hydrogen (secondary N) is 1. The van der Waals surface area contributed by atoms with Crippen LogP contribution in [-0.2, 0) is 4.74 Å². The van der Waals surface area contributed by atoms with E-state index in [0.29, 0.717) is 6.04 Å². The summed E-state index contributed by atoms with van der Waals surface area (Å²) in [6.45, 7) is 10.3. The summed E-state index contributed by atoms with van der Waals surface area (Å²) in [7, 11) is 0. The summed E-state index contributed by atoms with van der Waals surface area (Å²) in [4.78, 5) is 9.60. The Hall–Kier alpha value is -1.96. The third-order valence-corrected chi connectivity index (χ3v) is 7.28. The molecule has 2 aromatic rings. The van der Waals surface area contributed by atoms with Gasteiger partial charge in [0.15, 0.2) is 5.11 Å². The van der Waals surface area contributed by atoms with Crippen LogP contribution >= 0.6 is 12.2 Å². The summed E-state index contributed by atoms with van der Waals surface area (Å²) < 4.78 is 8.03. The highest BCUT2D eigenvalue weighted by molar-refractivity contribution is 7.80. The van der Waals surface area contributed by atoms with Crippen molar-refractivity contribution >= 4 is 17.3 Å². The highest BCUT2D eigenvalue weighted by atomic mass is 32.1. The molecule has 7 heteroatoms. The maximum atomic E-state index is 5.86. The Morgan fingerprint density at radius 3 is 2.68 bits per heavy atom. The number of ether oxygens (including phenoxy) is 1.